The van der Waals surface area contributed by atoms with Crippen molar-refractivity contribution in [2.75, 3.05) is 26.0 Å². The predicted octanol–water partition coefficient (Wildman–Crippen LogP) is 3.37. The van der Waals surface area contributed by atoms with Crippen LogP contribution in [0.5, 0.6) is 0 Å². The number of hydrogen-bond donors (Lipinski definition) is 0. The average molecular weight is 380 g/mol. The molecule has 142 valence electrons. The van der Waals surface area contributed by atoms with E-state index in [2.05, 4.69) is 13.8 Å². The average Bonchev–Trinajstić information content (AvgIpc) is 3.01. The van der Waals surface area contributed by atoms with Gasteiger partial charge in [-0.3, -0.25) is 19.7 Å². The summed E-state index contributed by atoms with van der Waals surface area (Å²) in [5.41, 5.74) is -0.535. The monoisotopic (exact) mass is 380 g/mol. The smallest absolute Gasteiger partial charge is 0.313 e. The van der Waals surface area contributed by atoms with E-state index in [1.165, 1.54) is 31.0 Å². The Bertz CT molecular complexity index is 722. The Morgan fingerprint density at radius 2 is 2.12 bits per heavy atom. The van der Waals surface area contributed by atoms with E-state index in [1.54, 1.807) is 17.9 Å². The first-order valence-corrected chi connectivity index (χ1v) is 9.45. The summed E-state index contributed by atoms with van der Waals surface area (Å²) in [5.74, 6) is 0.596. The highest BCUT2D eigenvalue weighted by Gasteiger charge is 2.43. The number of esters is 1. The second kappa shape index (κ2) is 8.07. The lowest BCUT2D eigenvalue weighted by atomic mass is 9.90. The molecule has 8 heteroatoms. The number of nitrogens with zero attached hydrogens (tertiary/aromatic N) is 2. The number of hydrogen-bond acceptors (Lipinski definition) is 6. The highest BCUT2D eigenvalue weighted by Crippen LogP contribution is 2.34. The number of benzene rings is 1. The van der Waals surface area contributed by atoms with Crippen LogP contribution in [0.4, 0.5) is 5.69 Å². The van der Waals surface area contributed by atoms with E-state index in [4.69, 9.17) is 4.74 Å². The van der Waals surface area contributed by atoms with E-state index in [0.717, 1.165) is 10.6 Å². The van der Waals surface area contributed by atoms with Gasteiger partial charge < -0.3 is 9.64 Å². The number of rotatable bonds is 6. The third-order valence-corrected chi connectivity index (χ3v) is 5.92. The van der Waals surface area contributed by atoms with Crippen molar-refractivity contribution in [1.82, 2.24) is 4.90 Å². The van der Waals surface area contributed by atoms with Crippen LogP contribution in [0.15, 0.2) is 23.1 Å². The van der Waals surface area contributed by atoms with Crippen LogP contribution in [0.25, 0.3) is 0 Å². The van der Waals surface area contributed by atoms with Crippen LogP contribution in [-0.4, -0.2) is 47.7 Å². The Labute approximate surface area is 157 Å². The zero-order valence-corrected chi connectivity index (χ0v) is 16.3. The highest BCUT2D eigenvalue weighted by atomic mass is 32.2. The van der Waals surface area contributed by atoms with E-state index in [0.29, 0.717) is 24.4 Å². The molecule has 1 heterocycles. The summed E-state index contributed by atoms with van der Waals surface area (Å²) in [5, 5.41) is 11.1. The van der Waals surface area contributed by atoms with Crippen molar-refractivity contribution in [3.05, 3.63) is 33.9 Å². The molecule has 1 atom stereocenters. The van der Waals surface area contributed by atoms with Gasteiger partial charge in [-0.05, 0) is 25.3 Å². The minimum atomic E-state index is -0.740. The molecule has 0 radical (unpaired) electrons. The number of ether oxygens (including phenoxy) is 1. The van der Waals surface area contributed by atoms with E-state index in [9.17, 15) is 19.7 Å². The Morgan fingerprint density at radius 1 is 1.42 bits per heavy atom. The van der Waals surface area contributed by atoms with Gasteiger partial charge in [0.1, 0.15) is 0 Å². The summed E-state index contributed by atoms with van der Waals surface area (Å²) < 4.78 is 4.84. The summed E-state index contributed by atoms with van der Waals surface area (Å²) >= 11 is 1.51. The van der Waals surface area contributed by atoms with Crippen molar-refractivity contribution in [1.29, 1.82) is 0 Å². The number of amides is 1. The summed E-state index contributed by atoms with van der Waals surface area (Å²) in [4.78, 5) is 37.9. The van der Waals surface area contributed by atoms with Gasteiger partial charge in [-0.25, -0.2) is 0 Å². The number of likely N-dealkylation sites (tertiary alicyclic amines) is 1. The van der Waals surface area contributed by atoms with Crippen LogP contribution in [0, 0.1) is 21.4 Å². The van der Waals surface area contributed by atoms with Gasteiger partial charge in [0.15, 0.2) is 0 Å². The first kappa shape index (κ1) is 20.2. The molecule has 1 aliphatic heterocycles. The molecule has 1 amide bonds. The predicted molar refractivity (Wildman–Crippen MR) is 99.3 cm³/mol. The van der Waals surface area contributed by atoms with Crippen LogP contribution in [0.2, 0.25) is 0 Å². The first-order valence-electron chi connectivity index (χ1n) is 8.47. The molecule has 0 N–H and O–H groups in total. The molecular weight excluding hydrogens is 356 g/mol. The molecular formula is C18H24N2O5S. The van der Waals surface area contributed by atoms with Gasteiger partial charge in [0.2, 0.25) is 0 Å². The van der Waals surface area contributed by atoms with Crippen molar-refractivity contribution < 1.29 is 19.2 Å². The van der Waals surface area contributed by atoms with Crippen molar-refractivity contribution in [2.45, 2.75) is 32.1 Å². The number of nitro groups is 1. The molecule has 0 aliphatic carbocycles. The summed E-state index contributed by atoms with van der Waals surface area (Å²) in [6, 6.07) is 4.38. The molecule has 1 aromatic rings. The molecule has 1 fully saturated rings. The second-order valence-corrected chi connectivity index (χ2v) is 8.23. The second-order valence-electron chi connectivity index (χ2n) is 7.17. The molecule has 1 aliphatic rings. The van der Waals surface area contributed by atoms with Crippen LogP contribution in [-0.2, 0) is 9.53 Å². The molecule has 0 aromatic heterocycles. The molecule has 2 rings (SSSR count). The fraction of sp³-hybridized carbons (Fsp3) is 0.556. The largest absolute Gasteiger partial charge is 0.469 e. The number of non-ortho nitro benzene ring substituents is 1. The lowest BCUT2D eigenvalue weighted by Gasteiger charge is -2.22. The van der Waals surface area contributed by atoms with E-state index >= 15 is 0 Å². The van der Waals surface area contributed by atoms with Crippen molar-refractivity contribution in [3.8, 4) is 0 Å². The minimum absolute atomic E-state index is 0.114. The Balaban J connectivity index is 2.30. The topological polar surface area (TPSA) is 89.8 Å². The lowest BCUT2D eigenvalue weighted by Crippen LogP contribution is -2.35. The zero-order valence-electron chi connectivity index (χ0n) is 15.5. The molecule has 0 saturated carbocycles. The summed E-state index contributed by atoms with van der Waals surface area (Å²) in [6.07, 6.45) is 0.509. The Hall–Kier alpha value is -2.09. The summed E-state index contributed by atoms with van der Waals surface area (Å²) in [6.45, 7) is 6.58. The lowest BCUT2D eigenvalue weighted by molar-refractivity contribution is -0.384. The maximum absolute atomic E-state index is 13.0. The number of carbonyl (C=O) groups excluding carboxylic acids is 2. The maximum atomic E-state index is 13.0. The van der Waals surface area contributed by atoms with Gasteiger partial charge in [0.25, 0.3) is 11.6 Å². The highest BCUT2D eigenvalue weighted by molar-refractivity contribution is 7.99. The number of nitro benzene ring substituents is 1. The van der Waals surface area contributed by atoms with E-state index in [1.807, 2.05) is 0 Å². The molecule has 0 unspecified atom stereocenters. The Kier molecular flexibility index (Phi) is 6.28. The van der Waals surface area contributed by atoms with Gasteiger partial charge in [0, 0.05) is 35.9 Å². The molecule has 0 bridgehead atoms. The third-order valence-electron chi connectivity index (χ3n) is 4.42. The van der Waals surface area contributed by atoms with E-state index < -0.39 is 10.3 Å². The van der Waals surface area contributed by atoms with Crippen molar-refractivity contribution in [3.63, 3.8) is 0 Å². The quantitative estimate of drug-likeness (QED) is 0.325. The van der Waals surface area contributed by atoms with Crippen LogP contribution >= 0.6 is 11.8 Å². The Morgan fingerprint density at radius 3 is 2.69 bits per heavy atom. The fourth-order valence-corrected chi connectivity index (χ4v) is 3.88. The van der Waals surface area contributed by atoms with E-state index in [-0.39, 0.29) is 24.1 Å². The minimum Gasteiger partial charge on any atom is -0.469 e. The standard InChI is InChI=1S/C18H24N2O5S/c1-12(2)10-26-15-6-5-13(20(23)24)9-14(15)16(21)19-8-7-18(3,11-19)17(22)25-4/h5-6,9,12H,7-8,10-11H2,1-4H3/t18-/m0/s1. The van der Waals surface area contributed by atoms with Gasteiger partial charge >= 0.3 is 5.97 Å². The molecule has 1 aromatic carbocycles. The number of thioether (sulfide) groups is 1. The van der Waals surface area contributed by atoms with Crippen LogP contribution in [0.3, 0.4) is 0 Å². The fourth-order valence-electron chi connectivity index (χ4n) is 2.90. The van der Waals surface area contributed by atoms with Gasteiger partial charge in [-0.1, -0.05) is 13.8 Å². The third kappa shape index (κ3) is 4.35. The van der Waals surface area contributed by atoms with Crippen molar-refractivity contribution >= 4 is 29.3 Å². The van der Waals surface area contributed by atoms with Gasteiger partial charge in [-0.15, -0.1) is 11.8 Å². The normalized spacial score (nSPS) is 19.7. The van der Waals surface area contributed by atoms with Gasteiger partial charge in [-0.2, -0.15) is 0 Å². The van der Waals surface area contributed by atoms with Crippen LogP contribution < -0.4 is 0 Å². The van der Waals surface area contributed by atoms with Gasteiger partial charge in [0.05, 0.1) is 23.0 Å². The van der Waals surface area contributed by atoms with Crippen molar-refractivity contribution in [2.24, 2.45) is 11.3 Å². The zero-order chi connectivity index (χ0) is 19.5. The number of carbonyl (C=O) groups is 2. The molecule has 0 spiro atoms. The number of methoxy groups -OCH3 is 1. The summed E-state index contributed by atoms with van der Waals surface area (Å²) in [7, 11) is 1.33. The molecule has 1 saturated heterocycles. The molecule has 26 heavy (non-hydrogen) atoms. The maximum Gasteiger partial charge on any atom is 0.313 e. The SMILES string of the molecule is COC(=O)[C@@]1(C)CCN(C(=O)c2cc([N+](=O)[O-])ccc2SCC(C)C)C1. The molecule has 7 nitrogen and oxygen atoms in total. The first-order chi connectivity index (χ1) is 12.2. The van der Waals surface area contributed by atoms with Crippen LogP contribution in [0.1, 0.15) is 37.6 Å².